The number of unbranched alkanes of at least 4 members (excludes halogenated alkanes) is 4. The first kappa shape index (κ1) is 48.1. The lowest BCUT2D eigenvalue weighted by Gasteiger charge is -2.72. The number of aliphatic carboxylic acids is 2. The van der Waals surface area contributed by atoms with Crippen LogP contribution in [-0.4, -0.2) is 58.6 Å². The van der Waals surface area contributed by atoms with Crippen LogP contribution in [0.25, 0.3) is 0 Å². The van der Waals surface area contributed by atoms with Crippen LogP contribution in [0.5, 0.6) is 0 Å². The number of carboxylic acid groups (broad SMARTS) is 2. The summed E-state index contributed by atoms with van der Waals surface area (Å²) < 4.78 is 6.18. The quantitative estimate of drug-likeness (QED) is 0.0603. The number of carbonyl (C=O) groups is 5. The molecule has 340 valence electrons. The van der Waals surface area contributed by atoms with E-state index in [0.717, 1.165) is 96.3 Å². The molecule has 60 heavy (non-hydrogen) atoms. The molecule has 10 heteroatoms. The number of esters is 1. The van der Waals surface area contributed by atoms with Crippen molar-refractivity contribution in [2.24, 2.45) is 68.0 Å². The van der Waals surface area contributed by atoms with E-state index in [9.17, 15) is 34.2 Å². The number of fused-ring (bicyclic) bond motifs is 7. The molecular formula is C50H82N2O8. The minimum atomic E-state index is -1.17. The molecule has 2 amide bonds. The molecule has 5 saturated carbocycles. The lowest BCUT2D eigenvalue weighted by atomic mass is 9.32. The van der Waals surface area contributed by atoms with E-state index in [1.807, 2.05) is 13.8 Å². The van der Waals surface area contributed by atoms with Crippen LogP contribution in [-0.2, 0) is 28.7 Å². The number of amides is 2. The van der Waals surface area contributed by atoms with Crippen LogP contribution in [0, 0.1) is 68.0 Å². The van der Waals surface area contributed by atoms with Crippen LogP contribution < -0.4 is 10.6 Å². The molecule has 11 atom stereocenters. The van der Waals surface area contributed by atoms with Crippen molar-refractivity contribution in [3.05, 3.63) is 12.2 Å². The summed E-state index contributed by atoms with van der Waals surface area (Å²) in [6.07, 6.45) is 15.0. The highest BCUT2D eigenvalue weighted by Gasteiger charge is 2.72. The van der Waals surface area contributed by atoms with Crippen LogP contribution in [0.3, 0.4) is 0 Å². The van der Waals surface area contributed by atoms with Crippen molar-refractivity contribution in [1.29, 1.82) is 0 Å². The zero-order valence-electron chi connectivity index (χ0n) is 39.1. The number of carboxylic acids is 2. The van der Waals surface area contributed by atoms with E-state index < -0.39 is 29.4 Å². The lowest BCUT2D eigenvalue weighted by molar-refractivity contribution is -0.249. The fourth-order valence-corrected chi connectivity index (χ4v) is 14.6. The minimum Gasteiger partial charge on any atom is -0.481 e. The summed E-state index contributed by atoms with van der Waals surface area (Å²) in [5, 5.41) is 25.2. The Balaban J connectivity index is 1.20. The van der Waals surface area contributed by atoms with E-state index >= 15 is 0 Å². The topological polar surface area (TPSA) is 159 Å². The maximum Gasteiger partial charge on any atom is 0.326 e. The van der Waals surface area contributed by atoms with E-state index in [-0.39, 0.29) is 63.2 Å². The van der Waals surface area contributed by atoms with Gasteiger partial charge in [0.1, 0.15) is 12.1 Å². The third-order valence-corrected chi connectivity index (χ3v) is 18.1. The van der Waals surface area contributed by atoms with Crippen molar-refractivity contribution in [2.75, 3.05) is 6.54 Å². The Morgan fingerprint density at radius 1 is 0.800 bits per heavy atom. The van der Waals surface area contributed by atoms with Crippen molar-refractivity contribution in [1.82, 2.24) is 10.6 Å². The molecule has 0 aromatic heterocycles. The SMILES string of the molecule is C=C(C)[C@@H]1CCC2(C(=O)NCCCCCCCC(=O)NC(CC(C)C)C(=O)O)CC[C@]3(C)[C@H](CCC4[C@@]5(C)CCC(OC(=O)CC(C)(C)C(=O)O)C(C)(C)[C@@H]5CC[C@]43C)[C@@H]12. The number of allylic oxidation sites excluding steroid dienone is 1. The van der Waals surface area contributed by atoms with E-state index in [1.165, 1.54) is 5.57 Å². The summed E-state index contributed by atoms with van der Waals surface area (Å²) in [6.45, 7) is 26.7. The predicted octanol–water partition coefficient (Wildman–Crippen LogP) is 10.1. The van der Waals surface area contributed by atoms with Gasteiger partial charge in [-0.05, 0) is 156 Å². The molecule has 5 rings (SSSR count). The number of ether oxygens (including phenoxy) is 1. The van der Waals surface area contributed by atoms with Crippen molar-refractivity contribution in [3.8, 4) is 0 Å². The van der Waals surface area contributed by atoms with Gasteiger partial charge in [-0.1, -0.05) is 79.9 Å². The molecule has 0 radical (unpaired) electrons. The highest BCUT2D eigenvalue weighted by molar-refractivity contribution is 5.84. The van der Waals surface area contributed by atoms with Crippen LogP contribution in [0.15, 0.2) is 12.2 Å². The van der Waals surface area contributed by atoms with E-state index in [2.05, 4.69) is 58.8 Å². The van der Waals surface area contributed by atoms with Crippen molar-refractivity contribution < 1.29 is 38.9 Å². The molecule has 0 aromatic carbocycles. The van der Waals surface area contributed by atoms with E-state index in [4.69, 9.17) is 4.74 Å². The Labute approximate surface area is 362 Å². The molecule has 0 bridgehead atoms. The summed E-state index contributed by atoms with van der Waals surface area (Å²) in [4.78, 5) is 63.3. The Morgan fingerprint density at radius 2 is 1.47 bits per heavy atom. The van der Waals surface area contributed by atoms with Crippen LogP contribution in [0.1, 0.15) is 185 Å². The molecule has 5 fully saturated rings. The lowest BCUT2D eigenvalue weighted by Crippen LogP contribution is -2.67. The Hall–Kier alpha value is -2.91. The first-order valence-electron chi connectivity index (χ1n) is 23.8. The second kappa shape index (κ2) is 18.1. The highest BCUT2D eigenvalue weighted by Crippen LogP contribution is 2.77. The van der Waals surface area contributed by atoms with Gasteiger partial charge < -0.3 is 25.6 Å². The molecule has 0 spiro atoms. The molecule has 0 aliphatic heterocycles. The van der Waals surface area contributed by atoms with Crippen molar-refractivity contribution >= 4 is 29.7 Å². The number of rotatable bonds is 18. The van der Waals surface area contributed by atoms with Crippen molar-refractivity contribution in [3.63, 3.8) is 0 Å². The standard InChI is InChI=1S/C50H82N2O8/c1-31(2)29-35(42(55)56)52-39(53)17-15-13-12-14-16-28-51-43(57)50-25-20-33(32(3)4)41(50)34-18-19-37-47(9)23-22-38(60-40(54)30-45(5,6)44(58)59)46(7,8)36(47)21-24-49(37,11)48(34,10)26-27-50/h31,33-38,41H,3,12-30H2,1-2,4-11H3,(H,51,57)(H,52,53)(H,55,56)(H,58,59)/t33-,34+,35?,36-,37?,38?,41+,47-,48+,49+,50?/m0/s1. The summed E-state index contributed by atoms with van der Waals surface area (Å²) in [5.41, 5.74) is -0.255. The summed E-state index contributed by atoms with van der Waals surface area (Å²) in [7, 11) is 0. The fraction of sp³-hybridized carbons (Fsp3) is 0.860. The fourth-order valence-electron chi connectivity index (χ4n) is 14.6. The average Bonchev–Trinajstić information content (AvgIpc) is 3.55. The predicted molar refractivity (Wildman–Crippen MR) is 235 cm³/mol. The summed E-state index contributed by atoms with van der Waals surface area (Å²) >= 11 is 0. The Morgan fingerprint density at radius 3 is 2.10 bits per heavy atom. The minimum absolute atomic E-state index is 0.0894. The van der Waals surface area contributed by atoms with Gasteiger partial charge >= 0.3 is 17.9 Å². The van der Waals surface area contributed by atoms with Crippen LogP contribution >= 0.6 is 0 Å². The molecule has 4 unspecified atom stereocenters. The van der Waals surface area contributed by atoms with Gasteiger partial charge in [0.15, 0.2) is 0 Å². The summed E-state index contributed by atoms with van der Waals surface area (Å²) in [6, 6.07) is -0.835. The molecule has 0 saturated heterocycles. The maximum absolute atomic E-state index is 14.6. The number of nitrogens with one attached hydrogen (secondary N) is 2. The molecule has 10 nitrogen and oxygen atoms in total. The second-order valence-corrected chi connectivity index (χ2v) is 22.9. The van der Waals surface area contributed by atoms with Crippen molar-refractivity contribution in [2.45, 2.75) is 197 Å². The molecule has 5 aliphatic carbocycles. The van der Waals surface area contributed by atoms with Gasteiger partial charge in [-0.25, -0.2) is 4.79 Å². The smallest absolute Gasteiger partial charge is 0.326 e. The van der Waals surface area contributed by atoms with Crippen LogP contribution in [0.2, 0.25) is 0 Å². The first-order chi connectivity index (χ1) is 27.9. The molecule has 4 N–H and O–H groups in total. The zero-order valence-corrected chi connectivity index (χ0v) is 39.1. The third kappa shape index (κ3) is 8.96. The number of carbonyl (C=O) groups excluding carboxylic acids is 3. The largest absolute Gasteiger partial charge is 0.481 e. The van der Waals surface area contributed by atoms with Gasteiger partial charge in [0.25, 0.3) is 0 Å². The maximum atomic E-state index is 14.6. The molecule has 0 heterocycles. The average molecular weight is 839 g/mol. The first-order valence-corrected chi connectivity index (χ1v) is 23.8. The molecule has 5 aliphatic rings. The van der Waals surface area contributed by atoms with Gasteiger partial charge in [0.2, 0.25) is 11.8 Å². The van der Waals surface area contributed by atoms with Gasteiger partial charge in [0.05, 0.1) is 17.3 Å². The van der Waals surface area contributed by atoms with Gasteiger partial charge in [-0.3, -0.25) is 19.2 Å². The molecule has 0 aromatic rings. The van der Waals surface area contributed by atoms with Crippen LogP contribution in [0.4, 0.5) is 0 Å². The Bertz CT molecular complexity index is 1640. The molecular weight excluding hydrogens is 757 g/mol. The van der Waals surface area contributed by atoms with E-state index in [0.29, 0.717) is 43.1 Å². The Kier molecular flexibility index (Phi) is 14.5. The highest BCUT2D eigenvalue weighted by atomic mass is 16.5. The second-order valence-electron chi connectivity index (χ2n) is 22.9. The number of hydrogen-bond donors (Lipinski definition) is 4. The van der Waals surface area contributed by atoms with Gasteiger partial charge in [-0.2, -0.15) is 0 Å². The normalized spacial score (nSPS) is 36.1. The van der Waals surface area contributed by atoms with E-state index in [1.54, 1.807) is 13.8 Å². The zero-order chi connectivity index (χ0) is 44.6. The van der Waals surface area contributed by atoms with Gasteiger partial charge in [0, 0.05) is 18.4 Å². The summed E-state index contributed by atoms with van der Waals surface area (Å²) in [5.74, 6) is -0.177. The monoisotopic (exact) mass is 839 g/mol. The van der Waals surface area contributed by atoms with Gasteiger partial charge in [-0.15, -0.1) is 0 Å². The third-order valence-electron chi connectivity index (χ3n) is 18.1. The number of hydrogen-bond acceptors (Lipinski definition) is 6.